The quantitative estimate of drug-likeness (QED) is 0.761. The average molecular weight is 235 g/mol. The van der Waals surface area contributed by atoms with E-state index in [1.807, 2.05) is 6.07 Å². The molecular weight excluding hydrogens is 210 g/mol. The molecule has 1 rings (SSSR count). The number of hydrogen-bond donors (Lipinski definition) is 2. The van der Waals surface area contributed by atoms with Gasteiger partial charge < -0.3 is 10.4 Å². The van der Waals surface area contributed by atoms with E-state index in [1.165, 1.54) is 5.56 Å². The minimum atomic E-state index is 0.150. The zero-order valence-electron chi connectivity index (χ0n) is 11.2. The molecule has 0 fully saturated rings. The van der Waals surface area contributed by atoms with Gasteiger partial charge in [0.15, 0.2) is 0 Å². The molecule has 1 aromatic rings. The van der Waals surface area contributed by atoms with Gasteiger partial charge >= 0.3 is 0 Å². The molecule has 0 heterocycles. The van der Waals surface area contributed by atoms with Gasteiger partial charge in [-0.3, -0.25) is 0 Å². The van der Waals surface area contributed by atoms with Crippen molar-refractivity contribution in [3.05, 3.63) is 35.9 Å². The lowest BCUT2D eigenvalue weighted by molar-refractivity contribution is 0.202. The highest BCUT2D eigenvalue weighted by atomic mass is 16.3. The van der Waals surface area contributed by atoms with Crippen LogP contribution in [0.3, 0.4) is 0 Å². The molecule has 0 aromatic heterocycles. The van der Waals surface area contributed by atoms with Crippen LogP contribution in [0.2, 0.25) is 0 Å². The number of rotatable bonds is 7. The molecule has 0 aliphatic carbocycles. The van der Waals surface area contributed by atoms with E-state index in [9.17, 15) is 0 Å². The van der Waals surface area contributed by atoms with Gasteiger partial charge in [0.25, 0.3) is 0 Å². The van der Waals surface area contributed by atoms with Gasteiger partial charge in [-0.1, -0.05) is 51.1 Å². The Kier molecular flexibility index (Phi) is 5.66. The Morgan fingerprint density at radius 3 is 2.41 bits per heavy atom. The third-order valence-electron chi connectivity index (χ3n) is 3.23. The van der Waals surface area contributed by atoms with Gasteiger partial charge in [0.05, 0.1) is 0 Å². The van der Waals surface area contributed by atoms with E-state index < -0.39 is 0 Å². The van der Waals surface area contributed by atoms with Crippen LogP contribution >= 0.6 is 0 Å². The zero-order chi connectivity index (χ0) is 12.7. The Morgan fingerprint density at radius 2 is 1.88 bits per heavy atom. The fourth-order valence-corrected chi connectivity index (χ4v) is 1.97. The zero-order valence-corrected chi connectivity index (χ0v) is 11.2. The Morgan fingerprint density at radius 1 is 1.24 bits per heavy atom. The number of aliphatic hydroxyl groups excluding tert-OH is 1. The fraction of sp³-hybridized carbons (Fsp3) is 0.600. The number of benzene rings is 1. The predicted octanol–water partition coefficient (Wildman–Crippen LogP) is 3.14. The molecule has 2 heteroatoms. The molecule has 2 N–H and O–H groups in total. The summed E-state index contributed by atoms with van der Waals surface area (Å²) in [6, 6.07) is 11.0. The first-order valence-electron chi connectivity index (χ1n) is 6.48. The summed E-state index contributed by atoms with van der Waals surface area (Å²) in [7, 11) is 0. The van der Waals surface area contributed by atoms with Gasteiger partial charge in [0.2, 0.25) is 0 Å². The molecule has 0 radical (unpaired) electrons. The lowest BCUT2D eigenvalue weighted by Gasteiger charge is -2.27. The second-order valence-corrected chi connectivity index (χ2v) is 5.39. The van der Waals surface area contributed by atoms with Gasteiger partial charge in [-0.2, -0.15) is 0 Å². The van der Waals surface area contributed by atoms with Gasteiger partial charge in [-0.15, -0.1) is 0 Å². The summed E-state index contributed by atoms with van der Waals surface area (Å²) in [6.07, 6.45) is 1.92. The predicted molar refractivity (Wildman–Crippen MR) is 73.0 cm³/mol. The molecule has 1 unspecified atom stereocenters. The van der Waals surface area contributed by atoms with Crippen LogP contribution in [-0.4, -0.2) is 18.3 Å². The summed E-state index contributed by atoms with van der Waals surface area (Å²) in [6.45, 7) is 7.77. The van der Waals surface area contributed by atoms with Crippen LogP contribution < -0.4 is 5.32 Å². The Labute approximate surface area is 105 Å². The Bertz CT molecular complexity index is 308. The molecule has 0 aliphatic rings. The first-order valence-corrected chi connectivity index (χ1v) is 6.48. The molecular formula is C15H25NO. The van der Waals surface area contributed by atoms with E-state index in [4.69, 9.17) is 5.11 Å². The van der Waals surface area contributed by atoms with Crippen molar-refractivity contribution in [2.75, 3.05) is 13.2 Å². The van der Waals surface area contributed by atoms with Crippen LogP contribution in [0.25, 0.3) is 0 Å². The Hall–Kier alpha value is -0.860. The van der Waals surface area contributed by atoms with Crippen LogP contribution in [0.1, 0.15) is 45.2 Å². The van der Waals surface area contributed by atoms with E-state index in [0.717, 1.165) is 19.4 Å². The van der Waals surface area contributed by atoms with E-state index in [0.29, 0.717) is 6.04 Å². The smallest absolute Gasteiger partial charge is 0.0436 e. The summed E-state index contributed by atoms with van der Waals surface area (Å²) in [5, 5.41) is 12.6. The van der Waals surface area contributed by atoms with Crippen molar-refractivity contribution in [2.24, 2.45) is 5.41 Å². The third kappa shape index (κ3) is 4.88. The van der Waals surface area contributed by atoms with Crippen molar-refractivity contribution in [3.63, 3.8) is 0 Å². The van der Waals surface area contributed by atoms with Crippen molar-refractivity contribution >= 4 is 0 Å². The maximum absolute atomic E-state index is 9.01. The van der Waals surface area contributed by atoms with Crippen LogP contribution in [-0.2, 0) is 0 Å². The van der Waals surface area contributed by atoms with Crippen molar-refractivity contribution in [1.82, 2.24) is 5.32 Å². The highest BCUT2D eigenvalue weighted by molar-refractivity contribution is 5.18. The fourth-order valence-electron chi connectivity index (χ4n) is 1.97. The second kappa shape index (κ2) is 6.77. The molecule has 0 bridgehead atoms. The lowest BCUT2D eigenvalue weighted by atomic mass is 9.89. The van der Waals surface area contributed by atoms with Crippen molar-refractivity contribution in [2.45, 2.75) is 39.7 Å². The van der Waals surface area contributed by atoms with Crippen LogP contribution in [0.5, 0.6) is 0 Å². The number of aliphatic hydroxyl groups is 1. The normalized spacial score (nSPS) is 13.6. The average Bonchev–Trinajstić information content (AvgIpc) is 2.31. The summed E-state index contributed by atoms with van der Waals surface area (Å²) in [5.41, 5.74) is 1.49. The third-order valence-corrected chi connectivity index (χ3v) is 3.23. The standard InChI is InChI=1S/C15H25NO/c1-4-14(13-8-6-5-7-9-13)16-12-15(2,3)10-11-17/h5-9,14,16-17H,4,10-12H2,1-3H3. The molecule has 17 heavy (non-hydrogen) atoms. The van der Waals surface area contributed by atoms with Crippen LogP contribution in [0.4, 0.5) is 0 Å². The first kappa shape index (κ1) is 14.2. The van der Waals surface area contributed by atoms with Crippen molar-refractivity contribution in [3.8, 4) is 0 Å². The summed E-state index contributed by atoms with van der Waals surface area (Å²) in [4.78, 5) is 0. The highest BCUT2D eigenvalue weighted by Crippen LogP contribution is 2.22. The first-order chi connectivity index (χ1) is 8.09. The second-order valence-electron chi connectivity index (χ2n) is 5.39. The minimum Gasteiger partial charge on any atom is -0.396 e. The number of hydrogen-bond acceptors (Lipinski definition) is 2. The topological polar surface area (TPSA) is 32.3 Å². The lowest BCUT2D eigenvalue weighted by Crippen LogP contribution is -2.32. The van der Waals surface area contributed by atoms with Crippen LogP contribution in [0, 0.1) is 5.41 Å². The van der Waals surface area contributed by atoms with Crippen LogP contribution in [0.15, 0.2) is 30.3 Å². The molecule has 0 saturated heterocycles. The molecule has 1 aromatic carbocycles. The summed E-state index contributed by atoms with van der Waals surface area (Å²) >= 11 is 0. The van der Waals surface area contributed by atoms with Gasteiger partial charge in [0.1, 0.15) is 0 Å². The maximum atomic E-state index is 9.01. The van der Waals surface area contributed by atoms with Crippen molar-refractivity contribution in [1.29, 1.82) is 0 Å². The molecule has 1 atom stereocenters. The van der Waals surface area contributed by atoms with Gasteiger partial charge in [-0.25, -0.2) is 0 Å². The van der Waals surface area contributed by atoms with E-state index >= 15 is 0 Å². The summed E-state index contributed by atoms with van der Waals surface area (Å²) in [5.74, 6) is 0. The van der Waals surface area contributed by atoms with Gasteiger partial charge in [-0.05, 0) is 23.8 Å². The summed E-state index contributed by atoms with van der Waals surface area (Å²) < 4.78 is 0. The van der Waals surface area contributed by atoms with Gasteiger partial charge in [0, 0.05) is 19.2 Å². The molecule has 0 aliphatic heterocycles. The SMILES string of the molecule is CCC(NCC(C)(C)CCO)c1ccccc1. The van der Waals surface area contributed by atoms with E-state index in [-0.39, 0.29) is 12.0 Å². The molecule has 0 amide bonds. The van der Waals surface area contributed by atoms with E-state index in [1.54, 1.807) is 0 Å². The highest BCUT2D eigenvalue weighted by Gasteiger charge is 2.19. The largest absolute Gasteiger partial charge is 0.396 e. The minimum absolute atomic E-state index is 0.150. The monoisotopic (exact) mass is 235 g/mol. The van der Waals surface area contributed by atoms with Crippen molar-refractivity contribution < 1.29 is 5.11 Å². The molecule has 0 saturated carbocycles. The van der Waals surface area contributed by atoms with E-state index in [2.05, 4.69) is 50.4 Å². The molecule has 0 spiro atoms. The number of nitrogens with one attached hydrogen (secondary N) is 1. The Balaban J connectivity index is 2.54. The maximum Gasteiger partial charge on any atom is 0.0436 e. The molecule has 2 nitrogen and oxygen atoms in total. The molecule has 96 valence electrons.